The van der Waals surface area contributed by atoms with E-state index in [1.807, 2.05) is 38.1 Å². The van der Waals surface area contributed by atoms with E-state index in [4.69, 9.17) is 0 Å². The molecule has 0 saturated heterocycles. The van der Waals surface area contributed by atoms with Crippen LogP contribution in [-0.4, -0.2) is 31.2 Å². The predicted molar refractivity (Wildman–Crippen MR) is 101 cm³/mol. The van der Waals surface area contributed by atoms with Gasteiger partial charge in [0.05, 0.1) is 5.75 Å². The third kappa shape index (κ3) is 4.10. The Labute approximate surface area is 156 Å². The summed E-state index contributed by atoms with van der Waals surface area (Å²) >= 11 is 4.63. The van der Waals surface area contributed by atoms with Gasteiger partial charge >= 0.3 is 0 Å². The number of nitrogens with one attached hydrogen (secondary N) is 2. The average molecular weight is 422 g/mol. The van der Waals surface area contributed by atoms with Gasteiger partial charge in [0.15, 0.2) is 5.16 Å². The van der Waals surface area contributed by atoms with Crippen molar-refractivity contribution in [2.75, 3.05) is 11.1 Å². The van der Waals surface area contributed by atoms with Gasteiger partial charge < -0.3 is 5.32 Å². The second kappa shape index (κ2) is 7.40. The first-order valence-electron chi connectivity index (χ1n) is 7.60. The largest absolute Gasteiger partial charge is 0.325 e. The van der Waals surface area contributed by atoms with E-state index < -0.39 is 0 Å². The second-order valence-electron chi connectivity index (χ2n) is 5.70. The van der Waals surface area contributed by atoms with E-state index in [9.17, 15) is 9.59 Å². The SMILES string of the molecule is CC(C)c1cc(=O)[nH]c2nnc(SCC(=O)Nc3ccc(Br)cc3)n12. The molecule has 0 aliphatic rings. The smallest absolute Gasteiger partial charge is 0.252 e. The molecule has 0 unspecified atom stereocenters. The Bertz CT molecular complexity index is 965. The van der Waals surface area contributed by atoms with Gasteiger partial charge in [-0.25, -0.2) is 0 Å². The van der Waals surface area contributed by atoms with Crippen LogP contribution in [-0.2, 0) is 4.79 Å². The monoisotopic (exact) mass is 421 g/mol. The molecule has 1 aromatic carbocycles. The normalized spacial score (nSPS) is 11.2. The fourth-order valence-corrected chi connectivity index (χ4v) is 3.32. The first kappa shape index (κ1) is 17.7. The van der Waals surface area contributed by atoms with Crippen LogP contribution in [0.15, 0.2) is 44.8 Å². The van der Waals surface area contributed by atoms with Crippen LogP contribution in [0.25, 0.3) is 5.78 Å². The summed E-state index contributed by atoms with van der Waals surface area (Å²) in [5.41, 5.74) is 1.32. The van der Waals surface area contributed by atoms with E-state index in [0.29, 0.717) is 10.9 Å². The fraction of sp³-hybridized carbons (Fsp3) is 0.250. The molecule has 0 fully saturated rings. The Balaban J connectivity index is 1.76. The Morgan fingerprint density at radius 2 is 2.04 bits per heavy atom. The van der Waals surface area contributed by atoms with Crippen molar-refractivity contribution in [3.05, 3.63) is 50.9 Å². The van der Waals surface area contributed by atoms with Crippen LogP contribution in [0.3, 0.4) is 0 Å². The van der Waals surface area contributed by atoms with Crippen LogP contribution in [0.4, 0.5) is 5.69 Å². The van der Waals surface area contributed by atoms with E-state index in [2.05, 4.69) is 36.4 Å². The van der Waals surface area contributed by atoms with Crippen molar-refractivity contribution < 1.29 is 4.79 Å². The standard InChI is InChI=1S/C16H16BrN5O2S/c1-9(2)12-7-13(23)19-15-20-21-16(22(12)15)25-8-14(24)18-11-5-3-10(17)4-6-11/h3-7,9H,8H2,1-2H3,(H,18,24)(H,19,20,23). The van der Waals surface area contributed by atoms with Crippen molar-refractivity contribution in [1.82, 2.24) is 19.6 Å². The van der Waals surface area contributed by atoms with E-state index in [1.165, 1.54) is 17.8 Å². The second-order valence-corrected chi connectivity index (χ2v) is 7.56. The van der Waals surface area contributed by atoms with Crippen molar-refractivity contribution in [3.8, 4) is 0 Å². The molecule has 0 spiro atoms. The van der Waals surface area contributed by atoms with Gasteiger partial charge in [-0.05, 0) is 30.2 Å². The molecule has 9 heteroatoms. The molecule has 3 aromatic rings. The Morgan fingerprint density at radius 1 is 1.32 bits per heavy atom. The molecule has 1 amide bonds. The number of hydrogen-bond donors (Lipinski definition) is 2. The molecule has 0 aliphatic heterocycles. The van der Waals surface area contributed by atoms with Crippen LogP contribution in [0.1, 0.15) is 25.5 Å². The zero-order chi connectivity index (χ0) is 18.0. The van der Waals surface area contributed by atoms with Crippen LogP contribution in [0.2, 0.25) is 0 Å². The minimum absolute atomic E-state index is 0.122. The molecular weight excluding hydrogens is 406 g/mol. The Hall–Kier alpha value is -2.13. The highest BCUT2D eigenvalue weighted by Crippen LogP contribution is 2.21. The fourth-order valence-electron chi connectivity index (χ4n) is 2.31. The number of benzene rings is 1. The van der Waals surface area contributed by atoms with E-state index >= 15 is 0 Å². The molecule has 2 aromatic heterocycles. The topological polar surface area (TPSA) is 92.2 Å². The number of rotatable bonds is 5. The highest BCUT2D eigenvalue weighted by Gasteiger charge is 2.15. The van der Waals surface area contributed by atoms with Crippen molar-refractivity contribution in [2.45, 2.75) is 24.9 Å². The minimum atomic E-state index is -0.215. The number of thioether (sulfide) groups is 1. The molecule has 2 N–H and O–H groups in total. The number of halogens is 1. The first-order valence-corrected chi connectivity index (χ1v) is 9.38. The molecular formula is C16H16BrN5O2S. The third-order valence-corrected chi connectivity index (χ3v) is 4.92. The zero-order valence-electron chi connectivity index (χ0n) is 13.6. The van der Waals surface area contributed by atoms with Crippen molar-refractivity contribution >= 4 is 45.1 Å². The average Bonchev–Trinajstić information content (AvgIpc) is 2.97. The lowest BCUT2D eigenvalue weighted by molar-refractivity contribution is -0.113. The number of anilines is 1. The van der Waals surface area contributed by atoms with Gasteiger partial charge in [-0.3, -0.25) is 19.0 Å². The van der Waals surface area contributed by atoms with Gasteiger partial charge in [0.2, 0.25) is 11.7 Å². The predicted octanol–water partition coefficient (Wildman–Crippen LogP) is 3.03. The first-order chi connectivity index (χ1) is 11.9. The van der Waals surface area contributed by atoms with E-state index in [1.54, 1.807) is 4.40 Å². The molecule has 0 atom stereocenters. The lowest BCUT2D eigenvalue weighted by Crippen LogP contribution is -2.15. The van der Waals surface area contributed by atoms with Crippen molar-refractivity contribution in [3.63, 3.8) is 0 Å². The van der Waals surface area contributed by atoms with Gasteiger partial charge in [-0.15, -0.1) is 10.2 Å². The number of carbonyl (C=O) groups is 1. The Kier molecular flexibility index (Phi) is 5.24. The number of fused-ring (bicyclic) bond motifs is 1. The van der Waals surface area contributed by atoms with E-state index in [-0.39, 0.29) is 23.1 Å². The molecule has 7 nitrogen and oxygen atoms in total. The molecule has 2 heterocycles. The minimum Gasteiger partial charge on any atom is -0.325 e. The zero-order valence-corrected chi connectivity index (χ0v) is 16.0. The summed E-state index contributed by atoms with van der Waals surface area (Å²) in [6.07, 6.45) is 0. The van der Waals surface area contributed by atoms with Gasteiger partial charge in [-0.1, -0.05) is 41.5 Å². The van der Waals surface area contributed by atoms with Gasteiger partial charge in [0.25, 0.3) is 5.56 Å². The van der Waals surface area contributed by atoms with Crippen molar-refractivity contribution in [1.29, 1.82) is 0 Å². The number of H-pyrrole nitrogens is 1. The highest BCUT2D eigenvalue weighted by molar-refractivity contribution is 9.10. The number of nitrogens with zero attached hydrogens (tertiary/aromatic N) is 3. The summed E-state index contributed by atoms with van der Waals surface area (Å²) in [5, 5.41) is 11.5. The molecule has 25 heavy (non-hydrogen) atoms. The molecule has 3 rings (SSSR count). The molecule has 130 valence electrons. The van der Waals surface area contributed by atoms with Crippen LogP contribution < -0.4 is 10.9 Å². The third-order valence-electron chi connectivity index (χ3n) is 3.46. The number of aromatic nitrogens is 4. The highest BCUT2D eigenvalue weighted by atomic mass is 79.9. The van der Waals surface area contributed by atoms with Gasteiger partial charge in [-0.2, -0.15) is 0 Å². The maximum absolute atomic E-state index is 12.1. The summed E-state index contributed by atoms with van der Waals surface area (Å²) in [7, 11) is 0. The maximum Gasteiger partial charge on any atom is 0.252 e. The Morgan fingerprint density at radius 3 is 2.72 bits per heavy atom. The summed E-state index contributed by atoms with van der Waals surface area (Å²) in [5.74, 6) is 0.552. The number of carbonyl (C=O) groups excluding carboxylic acids is 1. The van der Waals surface area contributed by atoms with Crippen LogP contribution in [0.5, 0.6) is 0 Å². The van der Waals surface area contributed by atoms with Gasteiger partial charge in [0.1, 0.15) is 0 Å². The molecule has 0 radical (unpaired) electrons. The summed E-state index contributed by atoms with van der Waals surface area (Å²) < 4.78 is 2.73. The van der Waals surface area contributed by atoms with Gasteiger partial charge in [0, 0.05) is 21.9 Å². The quantitative estimate of drug-likeness (QED) is 0.617. The molecule has 0 saturated carbocycles. The van der Waals surface area contributed by atoms with Crippen molar-refractivity contribution in [2.24, 2.45) is 0 Å². The molecule has 0 bridgehead atoms. The number of hydrogen-bond acceptors (Lipinski definition) is 5. The lowest BCUT2D eigenvalue weighted by Gasteiger charge is -2.09. The number of amides is 1. The van der Waals surface area contributed by atoms with Crippen LogP contribution >= 0.6 is 27.7 Å². The summed E-state index contributed by atoms with van der Waals surface area (Å²) in [4.78, 5) is 26.5. The summed E-state index contributed by atoms with van der Waals surface area (Å²) in [6, 6.07) is 8.90. The molecule has 0 aliphatic carbocycles. The van der Waals surface area contributed by atoms with Crippen LogP contribution in [0, 0.1) is 0 Å². The van der Waals surface area contributed by atoms with E-state index in [0.717, 1.165) is 15.9 Å². The summed E-state index contributed by atoms with van der Waals surface area (Å²) in [6.45, 7) is 3.98. The lowest BCUT2D eigenvalue weighted by atomic mass is 10.1. The number of aromatic amines is 1. The maximum atomic E-state index is 12.1.